The fraction of sp³-hybridized carbons (Fsp3) is 0.125. The monoisotopic (exact) mass is 337 g/mol. The van der Waals surface area contributed by atoms with Gasteiger partial charge in [0.15, 0.2) is 11.2 Å². The number of hydrogen-bond donors (Lipinski definition) is 3. The lowest BCUT2D eigenvalue weighted by Gasteiger charge is -2.00. The Hall–Kier alpha value is -3.62. The van der Waals surface area contributed by atoms with Gasteiger partial charge in [0, 0.05) is 36.8 Å². The Balaban J connectivity index is 1.67. The van der Waals surface area contributed by atoms with Gasteiger partial charge < -0.3 is 9.97 Å². The molecule has 0 aliphatic heterocycles. The normalized spacial score (nSPS) is 11.8. The summed E-state index contributed by atoms with van der Waals surface area (Å²) in [4.78, 5) is 34.3. The van der Waals surface area contributed by atoms with E-state index in [0.29, 0.717) is 0 Å². The summed E-state index contributed by atoms with van der Waals surface area (Å²) in [5, 5.41) is 5.20. The van der Waals surface area contributed by atoms with E-state index in [0.717, 1.165) is 21.0 Å². The first-order valence-corrected chi connectivity index (χ1v) is 7.57. The van der Waals surface area contributed by atoms with Crippen LogP contribution >= 0.6 is 0 Å². The number of fused-ring (bicyclic) bond motifs is 2. The van der Waals surface area contributed by atoms with Crippen LogP contribution < -0.4 is 16.7 Å². The number of para-hydroxylation sites is 1. The first-order chi connectivity index (χ1) is 12.1. The summed E-state index contributed by atoms with van der Waals surface area (Å²) in [5.74, 6) is 0.282. The maximum atomic E-state index is 12.1. The molecule has 3 aromatic heterocycles. The first kappa shape index (κ1) is 14.9. The Morgan fingerprint density at radius 2 is 2.00 bits per heavy atom. The van der Waals surface area contributed by atoms with Crippen molar-refractivity contribution in [2.24, 2.45) is 19.2 Å². The van der Waals surface area contributed by atoms with E-state index in [1.54, 1.807) is 13.3 Å². The number of imidazole rings is 1. The van der Waals surface area contributed by atoms with E-state index in [-0.39, 0.29) is 17.1 Å². The molecule has 4 rings (SSSR count). The van der Waals surface area contributed by atoms with Gasteiger partial charge in [-0.1, -0.05) is 18.2 Å². The van der Waals surface area contributed by atoms with Crippen LogP contribution in [0.2, 0.25) is 0 Å². The minimum Gasteiger partial charge on any atom is -0.361 e. The van der Waals surface area contributed by atoms with Crippen LogP contribution in [0.4, 0.5) is 5.95 Å². The third-order valence-electron chi connectivity index (χ3n) is 4.09. The van der Waals surface area contributed by atoms with E-state index in [1.807, 2.05) is 30.5 Å². The third-order valence-corrected chi connectivity index (χ3v) is 4.09. The Labute approximate surface area is 140 Å². The van der Waals surface area contributed by atoms with E-state index in [1.165, 1.54) is 11.6 Å². The molecule has 0 radical (unpaired) electrons. The molecule has 3 heterocycles. The van der Waals surface area contributed by atoms with Crippen LogP contribution in [0.25, 0.3) is 22.1 Å². The number of rotatable bonds is 3. The molecule has 0 spiro atoms. The largest absolute Gasteiger partial charge is 0.361 e. The molecule has 126 valence electrons. The van der Waals surface area contributed by atoms with Crippen molar-refractivity contribution in [3.8, 4) is 0 Å². The molecule has 0 atom stereocenters. The highest BCUT2D eigenvalue weighted by Gasteiger charge is 2.12. The molecule has 0 saturated heterocycles. The van der Waals surface area contributed by atoms with Crippen molar-refractivity contribution in [3.05, 3.63) is 56.9 Å². The van der Waals surface area contributed by atoms with Gasteiger partial charge in [-0.15, -0.1) is 0 Å². The number of aryl methyl sites for hydroxylation is 1. The number of hydrazone groups is 1. The molecule has 1 aromatic carbocycles. The molecule has 0 fully saturated rings. The molecule has 9 heteroatoms. The fourth-order valence-corrected chi connectivity index (χ4v) is 2.74. The van der Waals surface area contributed by atoms with Gasteiger partial charge in [-0.3, -0.25) is 13.9 Å². The van der Waals surface area contributed by atoms with E-state index < -0.39 is 11.2 Å². The van der Waals surface area contributed by atoms with Gasteiger partial charge in [0.1, 0.15) is 0 Å². The average molecular weight is 337 g/mol. The number of anilines is 1. The standard InChI is InChI=1S/C16H15N7O2/c1-22-13-12(14(24)23(2)16(22)25)19-15(20-13)21-18-8-9-7-17-11-6-4-3-5-10(9)11/h3-8,17H,1-2H3,(H2,19,20,21)/b18-8-. The molecule has 0 amide bonds. The topological polar surface area (TPSA) is 113 Å². The minimum atomic E-state index is -0.433. The van der Waals surface area contributed by atoms with Crippen molar-refractivity contribution in [2.45, 2.75) is 0 Å². The zero-order valence-electron chi connectivity index (χ0n) is 13.6. The summed E-state index contributed by atoms with van der Waals surface area (Å²) in [6, 6.07) is 7.89. The summed E-state index contributed by atoms with van der Waals surface area (Å²) in [5.41, 5.74) is 4.35. The summed E-state index contributed by atoms with van der Waals surface area (Å²) < 4.78 is 2.33. The molecule has 0 unspecified atom stereocenters. The SMILES string of the molecule is Cn1c(=O)c2[nH]c(N/N=C\c3c[nH]c4ccccc34)nc2n(C)c1=O. The van der Waals surface area contributed by atoms with Crippen molar-refractivity contribution in [1.29, 1.82) is 0 Å². The zero-order chi connectivity index (χ0) is 17.6. The van der Waals surface area contributed by atoms with E-state index in [9.17, 15) is 9.59 Å². The van der Waals surface area contributed by atoms with Gasteiger partial charge in [0.05, 0.1) is 6.21 Å². The molecule has 25 heavy (non-hydrogen) atoms. The van der Waals surface area contributed by atoms with Crippen LogP contribution in [0.3, 0.4) is 0 Å². The molecule has 0 aliphatic rings. The van der Waals surface area contributed by atoms with E-state index >= 15 is 0 Å². The molecule has 9 nitrogen and oxygen atoms in total. The highest BCUT2D eigenvalue weighted by atomic mass is 16.2. The van der Waals surface area contributed by atoms with Crippen LogP contribution in [-0.4, -0.2) is 30.3 Å². The lowest BCUT2D eigenvalue weighted by atomic mass is 10.2. The third kappa shape index (κ3) is 2.33. The van der Waals surface area contributed by atoms with E-state index in [4.69, 9.17) is 0 Å². The summed E-state index contributed by atoms with van der Waals surface area (Å²) in [7, 11) is 2.98. The maximum absolute atomic E-state index is 12.1. The molecule has 0 saturated carbocycles. The predicted molar refractivity (Wildman–Crippen MR) is 96.1 cm³/mol. The van der Waals surface area contributed by atoms with Gasteiger partial charge in [0.2, 0.25) is 5.95 Å². The lowest BCUT2D eigenvalue weighted by Crippen LogP contribution is -2.36. The van der Waals surface area contributed by atoms with Crippen molar-refractivity contribution in [2.75, 3.05) is 5.43 Å². The van der Waals surface area contributed by atoms with Crippen molar-refractivity contribution < 1.29 is 0 Å². The molecule has 0 bridgehead atoms. The van der Waals surface area contributed by atoms with Crippen LogP contribution in [0.1, 0.15) is 5.56 Å². The van der Waals surface area contributed by atoms with E-state index in [2.05, 4.69) is 25.5 Å². The quantitative estimate of drug-likeness (QED) is 0.380. The second kappa shape index (κ2) is 5.48. The smallest absolute Gasteiger partial charge is 0.332 e. The second-order valence-electron chi connectivity index (χ2n) is 5.65. The number of aromatic amines is 2. The molecular weight excluding hydrogens is 322 g/mol. The predicted octanol–water partition coefficient (Wildman–Crippen LogP) is 0.888. The Bertz CT molecular complexity index is 1240. The number of H-pyrrole nitrogens is 2. The lowest BCUT2D eigenvalue weighted by molar-refractivity contribution is 0.709. The average Bonchev–Trinajstić information content (AvgIpc) is 3.23. The summed E-state index contributed by atoms with van der Waals surface area (Å²) >= 11 is 0. The molecule has 4 aromatic rings. The number of aromatic nitrogens is 5. The van der Waals surface area contributed by atoms with Gasteiger partial charge in [-0.25, -0.2) is 10.2 Å². The molecular formula is C16H15N7O2. The number of hydrogen-bond acceptors (Lipinski definition) is 5. The van der Waals surface area contributed by atoms with Gasteiger partial charge in [0.25, 0.3) is 5.56 Å². The number of nitrogens with one attached hydrogen (secondary N) is 3. The number of benzene rings is 1. The highest BCUT2D eigenvalue weighted by Crippen LogP contribution is 2.16. The van der Waals surface area contributed by atoms with Crippen LogP contribution in [0.5, 0.6) is 0 Å². The Morgan fingerprint density at radius 1 is 1.20 bits per heavy atom. The van der Waals surface area contributed by atoms with Gasteiger partial charge in [-0.05, 0) is 6.07 Å². The van der Waals surface area contributed by atoms with Crippen molar-refractivity contribution >= 4 is 34.2 Å². The number of nitrogens with zero attached hydrogens (tertiary/aromatic N) is 4. The zero-order valence-corrected chi connectivity index (χ0v) is 13.6. The second-order valence-corrected chi connectivity index (χ2v) is 5.65. The Kier molecular flexibility index (Phi) is 3.27. The van der Waals surface area contributed by atoms with Gasteiger partial charge >= 0.3 is 5.69 Å². The molecule has 0 aliphatic carbocycles. The van der Waals surface area contributed by atoms with Crippen molar-refractivity contribution in [1.82, 2.24) is 24.1 Å². The first-order valence-electron chi connectivity index (χ1n) is 7.57. The summed E-state index contributed by atoms with van der Waals surface area (Å²) in [6.07, 6.45) is 3.51. The molecule has 3 N–H and O–H groups in total. The van der Waals surface area contributed by atoms with Gasteiger partial charge in [-0.2, -0.15) is 10.1 Å². The summed E-state index contributed by atoms with van der Waals surface area (Å²) in [6.45, 7) is 0. The van der Waals surface area contributed by atoms with Crippen LogP contribution in [0.15, 0.2) is 45.2 Å². The maximum Gasteiger partial charge on any atom is 0.332 e. The van der Waals surface area contributed by atoms with Crippen LogP contribution in [-0.2, 0) is 14.1 Å². The highest BCUT2D eigenvalue weighted by molar-refractivity contribution is 5.99. The van der Waals surface area contributed by atoms with Crippen molar-refractivity contribution in [3.63, 3.8) is 0 Å². The Morgan fingerprint density at radius 3 is 2.84 bits per heavy atom. The minimum absolute atomic E-state index is 0.245. The van der Waals surface area contributed by atoms with Crippen LogP contribution in [0, 0.1) is 0 Å². The fourth-order valence-electron chi connectivity index (χ4n) is 2.74.